The number of hydrogen-bond donors (Lipinski definition) is 2. The van der Waals surface area contributed by atoms with Gasteiger partial charge in [0.15, 0.2) is 6.61 Å². The second-order valence-corrected chi connectivity index (χ2v) is 6.11. The zero-order valence-corrected chi connectivity index (χ0v) is 13.8. The molecule has 120 valence electrons. The van der Waals surface area contributed by atoms with Crippen molar-refractivity contribution in [2.45, 2.75) is 31.7 Å². The number of anilines is 1. The van der Waals surface area contributed by atoms with E-state index >= 15 is 0 Å². The van der Waals surface area contributed by atoms with Crippen LogP contribution in [-0.2, 0) is 9.53 Å². The van der Waals surface area contributed by atoms with Crippen LogP contribution in [0.5, 0.6) is 0 Å². The third-order valence-corrected chi connectivity index (χ3v) is 4.54. The molecule has 9 heteroatoms. The number of hydrogen-bond acceptors (Lipinski definition) is 4. The Labute approximate surface area is 142 Å². The smallest absolute Gasteiger partial charge is 0.405 e. The number of amides is 1. The summed E-state index contributed by atoms with van der Waals surface area (Å²) in [6.45, 7) is -0.403. The van der Waals surface area contributed by atoms with Gasteiger partial charge in [-0.05, 0) is 24.4 Å². The normalized spacial score (nSPS) is 14.9. The van der Waals surface area contributed by atoms with Crippen LogP contribution in [-0.4, -0.2) is 24.5 Å². The highest BCUT2D eigenvalue weighted by molar-refractivity contribution is 6.45. The molecule has 1 aliphatic rings. The number of aromatic nitrogens is 1. The van der Waals surface area contributed by atoms with Gasteiger partial charge in [0.05, 0.1) is 5.69 Å². The van der Waals surface area contributed by atoms with Crippen molar-refractivity contribution in [1.82, 2.24) is 5.32 Å². The summed E-state index contributed by atoms with van der Waals surface area (Å²) in [5, 5.41) is 2.68. The van der Waals surface area contributed by atoms with E-state index in [-0.39, 0.29) is 38.5 Å². The van der Waals surface area contributed by atoms with Crippen molar-refractivity contribution >= 4 is 52.4 Å². The number of H-pyrrole nitrogens is 1. The Bertz CT molecular complexity index is 604. The van der Waals surface area contributed by atoms with Crippen molar-refractivity contribution in [3.63, 3.8) is 0 Å². The van der Waals surface area contributed by atoms with Gasteiger partial charge in [-0.15, -0.1) is 0 Å². The van der Waals surface area contributed by atoms with E-state index < -0.39 is 12.6 Å². The van der Waals surface area contributed by atoms with E-state index in [2.05, 4.69) is 10.3 Å². The summed E-state index contributed by atoms with van der Waals surface area (Å²) in [5.41, 5.74) is 5.45. The average molecular weight is 368 g/mol. The van der Waals surface area contributed by atoms with Gasteiger partial charge in [-0.1, -0.05) is 36.0 Å². The van der Waals surface area contributed by atoms with Crippen LogP contribution in [0.4, 0.5) is 5.69 Å². The van der Waals surface area contributed by atoms with Crippen molar-refractivity contribution in [2.24, 2.45) is 0 Å². The number of esters is 1. The highest BCUT2D eigenvalue weighted by Gasteiger charge is 2.28. The van der Waals surface area contributed by atoms with E-state index in [0.717, 1.165) is 25.7 Å². The van der Waals surface area contributed by atoms with Gasteiger partial charge >= 0.3 is 11.7 Å². The fraction of sp³-hybridized carbons (Fsp3) is 0.462. The van der Waals surface area contributed by atoms with Crippen LogP contribution in [0.3, 0.4) is 0 Å². The Balaban J connectivity index is 1.96. The van der Waals surface area contributed by atoms with Crippen LogP contribution in [0.15, 0.2) is 0 Å². The molecule has 0 saturated heterocycles. The number of pyridine rings is 1. The first-order chi connectivity index (χ1) is 10.4. The summed E-state index contributed by atoms with van der Waals surface area (Å²) in [5.74, 6) is -1.19. The molecule has 0 radical (unpaired) electrons. The number of aromatic amines is 1. The first-order valence-corrected chi connectivity index (χ1v) is 7.85. The molecule has 1 aliphatic carbocycles. The van der Waals surface area contributed by atoms with E-state index in [1.54, 1.807) is 0 Å². The average Bonchev–Trinajstić information content (AvgIpc) is 2.99. The summed E-state index contributed by atoms with van der Waals surface area (Å²) in [6, 6.07) is 0.155. The van der Waals surface area contributed by atoms with Crippen LogP contribution >= 0.6 is 34.8 Å². The Morgan fingerprint density at radius 1 is 1.23 bits per heavy atom. The molecule has 0 aromatic carbocycles. The molecule has 1 heterocycles. The monoisotopic (exact) mass is 366 g/mol. The first-order valence-electron chi connectivity index (χ1n) is 6.72. The predicted octanol–water partition coefficient (Wildman–Crippen LogP) is 2.26. The molecular weight excluding hydrogens is 353 g/mol. The quantitative estimate of drug-likeness (QED) is 0.630. The number of carbonyl (C=O) groups excluding carboxylic acids is 2. The van der Waals surface area contributed by atoms with Crippen LogP contribution in [0.2, 0.25) is 15.2 Å². The fourth-order valence-corrected chi connectivity index (χ4v) is 2.86. The number of nitrogens with two attached hydrogens (primary N) is 1. The molecule has 4 N–H and O–H groups in total. The molecule has 1 saturated carbocycles. The molecule has 0 aliphatic heterocycles. The highest BCUT2D eigenvalue weighted by Crippen LogP contribution is 2.32. The number of nitrogen functional groups attached to an aromatic ring is 1. The number of ether oxygens (including phenoxy) is 1. The van der Waals surface area contributed by atoms with Gasteiger partial charge in [-0.25, -0.2) is 4.79 Å². The lowest BCUT2D eigenvalue weighted by Crippen LogP contribution is -2.36. The van der Waals surface area contributed by atoms with Gasteiger partial charge in [0.2, 0.25) is 0 Å². The molecule has 1 aromatic rings. The standard InChI is InChI=1S/C13H14Cl3N3O3/c14-8-10(17)9(15)12(16)19-11(8)13(21)22-5-7(20)18-6-3-1-2-4-6/h6H,1-5H2,(H2,17,19)(H,18,20)/p+1. The van der Waals surface area contributed by atoms with Crippen molar-refractivity contribution in [3.8, 4) is 0 Å². The number of rotatable bonds is 4. The second-order valence-electron chi connectivity index (χ2n) is 4.98. The van der Waals surface area contributed by atoms with Crippen molar-refractivity contribution in [2.75, 3.05) is 12.3 Å². The van der Waals surface area contributed by atoms with E-state index in [4.69, 9.17) is 45.3 Å². The SMILES string of the molecule is Nc1c(Cl)c(Cl)[nH+]c(C(=O)OCC(=O)NC2CCCC2)c1Cl. The zero-order valence-electron chi connectivity index (χ0n) is 11.5. The molecule has 0 spiro atoms. The lowest BCUT2D eigenvalue weighted by atomic mass is 10.2. The van der Waals surface area contributed by atoms with Crippen LogP contribution in [0.1, 0.15) is 36.2 Å². The molecule has 1 fully saturated rings. The molecule has 6 nitrogen and oxygen atoms in total. The molecule has 0 bridgehead atoms. The minimum Gasteiger partial charge on any atom is -0.448 e. The maximum Gasteiger partial charge on any atom is 0.405 e. The maximum absolute atomic E-state index is 11.9. The van der Waals surface area contributed by atoms with Crippen molar-refractivity contribution in [1.29, 1.82) is 0 Å². The molecular formula is C13H15Cl3N3O3+. The second kappa shape index (κ2) is 7.35. The van der Waals surface area contributed by atoms with Crippen molar-refractivity contribution < 1.29 is 19.3 Å². The Hall–Kier alpha value is -1.24. The van der Waals surface area contributed by atoms with Crippen LogP contribution in [0, 0.1) is 0 Å². The minimum absolute atomic E-state index is 0.0159. The third kappa shape index (κ3) is 3.94. The lowest BCUT2D eigenvalue weighted by molar-refractivity contribution is -0.380. The predicted molar refractivity (Wildman–Crippen MR) is 83.1 cm³/mol. The fourth-order valence-electron chi connectivity index (χ4n) is 2.25. The summed E-state index contributed by atoms with van der Waals surface area (Å²) in [7, 11) is 0. The van der Waals surface area contributed by atoms with Crippen LogP contribution in [0.25, 0.3) is 0 Å². The van der Waals surface area contributed by atoms with Gasteiger partial charge < -0.3 is 15.8 Å². The van der Waals surface area contributed by atoms with E-state index in [1.807, 2.05) is 0 Å². The van der Waals surface area contributed by atoms with Gasteiger partial charge in [0.1, 0.15) is 10.0 Å². The molecule has 22 heavy (non-hydrogen) atoms. The van der Waals surface area contributed by atoms with Crippen LogP contribution < -0.4 is 16.0 Å². The molecule has 2 rings (SSSR count). The first kappa shape index (κ1) is 17.1. The number of nitrogens with one attached hydrogen (secondary N) is 2. The molecule has 0 unspecified atom stereocenters. The zero-order chi connectivity index (χ0) is 16.3. The Morgan fingerprint density at radius 2 is 1.86 bits per heavy atom. The Kier molecular flexibility index (Phi) is 5.72. The van der Waals surface area contributed by atoms with Gasteiger partial charge in [0.25, 0.3) is 11.1 Å². The van der Waals surface area contributed by atoms with Gasteiger partial charge in [-0.3, -0.25) is 4.79 Å². The summed E-state index contributed by atoms with van der Waals surface area (Å²) >= 11 is 17.5. The summed E-state index contributed by atoms with van der Waals surface area (Å²) in [6.07, 6.45) is 4.08. The largest absolute Gasteiger partial charge is 0.448 e. The molecule has 1 amide bonds. The topological polar surface area (TPSA) is 95.6 Å². The molecule has 0 atom stereocenters. The highest BCUT2D eigenvalue weighted by atomic mass is 35.5. The van der Waals surface area contributed by atoms with E-state index in [9.17, 15) is 9.59 Å². The van der Waals surface area contributed by atoms with Gasteiger partial charge in [0, 0.05) is 6.04 Å². The van der Waals surface area contributed by atoms with Crippen molar-refractivity contribution in [3.05, 3.63) is 20.9 Å². The van der Waals surface area contributed by atoms with E-state index in [0.29, 0.717) is 0 Å². The van der Waals surface area contributed by atoms with Gasteiger partial charge in [-0.2, -0.15) is 4.98 Å². The minimum atomic E-state index is -0.836. The maximum atomic E-state index is 11.9. The lowest BCUT2D eigenvalue weighted by Gasteiger charge is -2.11. The molecule has 1 aromatic heterocycles. The third-order valence-electron chi connectivity index (χ3n) is 3.38. The number of carbonyl (C=O) groups is 2. The summed E-state index contributed by atoms with van der Waals surface area (Å²) in [4.78, 5) is 26.1. The number of halogens is 3. The summed E-state index contributed by atoms with van der Waals surface area (Å²) < 4.78 is 4.91. The van der Waals surface area contributed by atoms with E-state index in [1.165, 1.54) is 0 Å². The Morgan fingerprint density at radius 3 is 2.50 bits per heavy atom.